The first-order valence-corrected chi connectivity index (χ1v) is 11.5. The molecule has 5 heteroatoms. The molecule has 162 valence electrons. The number of ether oxygens (including phenoxy) is 2. The van der Waals surface area contributed by atoms with Crippen molar-refractivity contribution in [1.29, 1.82) is 0 Å². The molecule has 0 aromatic heterocycles. The Hall–Kier alpha value is -1.91. The topological polar surface area (TPSA) is 69.7 Å². The summed E-state index contributed by atoms with van der Waals surface area (Å²) >= 11 is 0. The maximum atomic E-state index is 13.4. The van der Waals surface area contributed by atoms with E-state index in [0.29, 0.717) is 30.8 Å². The summed E-state index contributed by atoms with van der Waals surface area (Å²) in [4.78, 5) is 36.5. The molecule has 0 amide bonds. The fraction of sp³-hybridized carbons (Fsp3) is 0.720. The van der Waals surface area contributed by atoms with Gasteiger partial charge in [-0.05, 0) is 78.8 Å². The van der Waals surface area contributed by atoms with Gasteiger partial charge in [0.1, 0.15) is 12.7 Å². The lowest BCUT2D eigenvalue weighted by Gasteiger charge is -2.57. The molecule has 4 aliphatic carbocycles. The van der Waals surface area contributed by atoms with E-state index in [1.165, 1.54) is 12.5 Å². The van der Waals surface area contributed by atoms with Crippen LogP contribution in [0.4, 0.5) is 0 Å². The molecule has 5 aliphatic rings. The Morgan fingerprint density at radius 1 is 1.07 bits per heavy atom. The van der Waals surface area contributed by atoms with Gasteiger partial charge in [0.15, 0.2) is 5.78 Å². The van der Waals surface area contributed by atoms with Crippen molar-refractivity contribution in [2.75, 3.05) is 6.61 Å². The van der Waals surface area contributed by atoms with E-state index >= 15 is 0 Å². The highest BCUT2D eigenvalue weighted by Crippen LogP contribution is 2.66. The molecule has 5 rings (SSSR count). The molecule has 7 atom stereocenters. The van der Waals surface area contributed by atoms with Gasteiger partial charge >= 0.3 is 11.9 Å². The monoisotopic (exact) mass is 412 g/mol. The highest BCUT2D eigenvalue weighted by atomic mass is 16.5. The van der Waals surface area contributed by atoms with Crippen LogP contribution in [0.15, 0.2) is 23.3 Å². The summed E-state index contributed by atoms with van der Waals surface area (Å²) in [7, 11) is 0. The van der Waals surface area contributed by atoms with Crippen molar-refractivity contribution in [1.82, 2.24) is 0 Å². The summed E-state index contributed by atoms with van der Waals surface area (Å²) < 4.78 is 10.7. The molecule has 0 aromatic carbocycles. The number of allylic oxidation sites excluding steroid dienone is 1. The van der Waals surface area contributed by atoms with Gasteiger partial charge in [0.2, 0.25) is 0 Å². The molecule has 0 unspecified atom stereocenters. The molecule has 0 radical (unpaired) electrons. The first kappa shape index (κ1) is 20.0. The quantitative estimate of drug-likeness (QED) is 0.637. The summed E-state index contributed by atoms with van der Waals surface area (Å²) in [6.45, 7) is 6.57. The van der Waals surface area contributed by atoms with E-state index in [0.717, 1.165) is 44.1 Å². The lowest BCUT2D eigenvalue weighted by molar-refractivity contribution is -0.149. The van der Waals surface area contributed by atoms with Crippen LogP contribution in [0.5, 0.6) is 0 Å². The van der Waals surface area contributed by atoms with E-state index in [9.17, 15) is 14.4 Å². The lowest BCUT2D eigenvalue weighted by atomic mass is 9.47. The molecule has 0 bridgehead atoms. The Morgan fingerprint density at radius 3 is 2.57 bits per heavy atom. The summed E-state index contributed by atoms with van der Waals surface area (Å²) in [6, 6.07) is 0. The van der Waals surface area contributed by atoms with Gasteiger partial charge in [0, 0.05) is 25.3 Å². The van der Waals surface area contributed by atoms with Crippen LogP contribution in [0, 0.1) is 34.5 Å². The minimum absolute atomic E-state index is 0.0281. The summed E-state index contributed by atoms with van der Waals surface area (Å²) in [5, 5.41) is 0. The van der Waals surface area contributed by atoms with Crippen LogP contribution in [0.1, 0.15) is 65.7 Å². The number of hydrogen-bond acceptors (Lipinski definition) is 5. The van der Waals surface area contributed by atoms with Crippen molar-refractivity contribution in [3.05, 3.63) is 23.3 Å². The molecule has 0 saturated heterocycles. The van der Waals surface area contributed by atoms with Crippen molar-refractivity contribution in [3.8, 4) is 0 Å². The molecule has 0 aromatic rings. The van der Waals surface area contributed by atoms with E-state index in [2.05, 4.69) is 13.8 Å². The summed E-state index contributed by atoms with van der Waals surface area (Å²) in [6.07, 6.45) is 10.3. The van der Waals surface area contributed by atoms with Gasteiger partial charge < -0.3 is 9.47 Å². The van der Waals surface area contributed by atoms with Gasteiger partial charge in [-0.3, -0.25) is 9.59 Å². The third-order valence-corrected chi connectivity index (χ3v) is 9.37. The number of ketones is 1. The van der Waals surface area contributed by atoms with Crippen LogP contribution in [0.25, 0.3) is 0 Å². The lowest BCUT2D eigenvalue weighted by Crippen LogP contribution is -2.53. The number of carbonyl (C=O) groups excluding carboxylic acids is 3. The number of fused-ring (bicyclic) bond motifs is 5. The predicted octanol–water partition coefficient (Wildman–Crippen LogP) is 4.16. The van der Waals surface area contributed by atoms with E-state index < -0.39 is 0 Å². The number of carbonyl (C=O) groups is 3. The third-order valence-electron chi connectivity index (χ3n) is 9.37. The van der Waals surface area contributed by atoms with E-state index in [-0.39, 0.29) is 40.6 Å². The minimum atomic E-state index is -0.238. The Morgan fingerprint density at radius 2 is 1.87 bits per heavy atom. The standard InChI is InChI=1S/C25H32O5/c1-14(26)30-17-6-8-24(2)16(11-17)12-21(27)23-19-5-4-18(15-10-22(28)29-13-15)25(19,3)9-7-20(23)24/h10,12,17-20,23H,4-9,11,13H2,1-3H3/t17-,18+,19-,20-,23-,24-,25+/m0/s1. The van der Waals surface area contributed by atoms with Crippen molar-refractivity contribution < 1.29 is 23.9 Å². The van der Waals surface area contributed by atoms with E-state index in [4.69, 9.17) is 9.47 Å². The predicted molar refractivity (Wildman–Crippen MR) is 110 cm³/mol. The van der Waals surface area contributed by atoms with Crippen LogP contribution in [-0.4, -0.2) is 30.4 Å². The van der Waals surface area contributed by atoms with Gasteiger partial charge in [-0.15, -0.1) is 0 Å². The molecule has 1 heterocycles. The van der Waals surface area contributed by atoms with Crippen molar-refractivity contribution in [2.24, 2.45) is 34.5 Å². The molecule has 0 spiro atoms. The smallest absolute Gasteiger partial charge is 0.331 e. The molecule has 3 saturated carbocycles. The van der Waals surface area contributed by atoms with Crippen molar-refractivity contribution in [2.45, 2.75) is 71.8 Å². The van der Waals surface area contributed by atoms with Gasteiger partial charge in [-0.25, -0.2) is 4.79 Å². The number of rotatable bonds is 2. The summed E-state index contributed by atoms with van der Waals surface area (Å²) in [5.41, 5.74) is 2.42. The number of hydrogen-bond donors (Lipinski definition) is 0. The Balaban J connectivity index is 1.44. The maximum absolute atomic E-state index is 13.4. The molecule has 30 heavy (non-hydrogen) atoms. The fourth-order valence-electron chi connectivity index (χ4n) is 7.90. The zero-order valence-corrected chi connectivity index (χ0v) is 18.2. The molecular weight excluding hydrogens is 380 g/mol. The van der Waals surface area contributed by atoms with Crippen LogP contribution < -0.4 is 0 Å². The normalized spacial score (nSPS) is 45.0. The molecule has 0 N–H and O–H groups in total. The van der Waals surface area contributed by atoms with Gasteiger partial charge in [0.05, 0.1) is 0 Å². The Labute approximate surface area is 178 Å². The van der Waals surface area contributed by atoms with Crippen molar-refractivity contribution >= 4 is 17.7 Å². The van der Waals surface area contributed by atoms with Crippen LogP contribution >= 0.6 is 0 Å². The number of esters is 2. The number of cyclic esters (lactones) is 1. The Bertz CT molecular complexity index is 869. The maximum Gasteiger partial charge on any atom is 0.331 e. The Kier molecular flexibility index (Phi) is 4.53. The second-order valence-corrected chi connectivity index (χ2v) is 10.7. The zero-order valence-electron chi connectivity index (χ0n) is 18.2. The van der Waals surface area contributed by atoms with E-state index in [1.807, 2.05) is 6.08 Å². The zero-order chi connectivity index (χ0) is 21.3. The highest BCUT2D eigenvalue weighted by molar-refractivity contribution is 5.94. The molecule has 5 nitrogen and oxygen atoms in total. The molecule has 1 aliphatic heterocycles. The van der Waals surface area contributed by atoms with Crippen molar-refractivity contribution in [3.63, 3.8) is 0 Å². The molecule has 3 fully saturated rings. The van der Waals surface area contributed by atoms with Crippen LogP contribution in [-0.2, 0) is 23.9 Å². The van der Waals surface area contributed by atoms with Gasteiger partial charge in [-0.2, -0.15) is 0 Å². The van der Waals surface area contributed by atoms with E-state index in [1.54, 1.807) is 6.08 Å². The average Bonchev–Trinajstić information content (AvgIpc) is 3.25. The second kappa shape index (κ2) is 6.80. The summed E-state index contributed by atoms with van der Waals surface area (Å²) in [5.74, 6) is 0.983. The molecular formula is C25H32O5. The average molecular weight is 413 g/mol. The van der Waals surface area contributed by atoms with Crippen LogP contribution in [0.2, 0.25) is 0 Å². The minimum Gasteiger partial charge on any atom is -0.462 e. The van der Waals surface area contributed by atoms with Gasteiger partial charge in [0.25, 0.3) is 0 Å². The largest absolute Gasteiger partial charge is 0.462 e. The first-order valence-electron chi connectivity index (χ1n) is 11.5. The first-order chi connectivity index (χ1) is 14.2. The van der Waals surface area contributed by atoms with Crippen LogP contribution in [0.3, 0.4) is 0 Å². The highest BCUT2D eigenvalue weighted by Gasteiger charge is 2.61. The third kappa shape index (κ3) is 2.84. The van der Waals surface area contributed by atoms with Gasteiger partial charge in [-0.1, -0.05) is 19.4 Å². The SMILES string of the molecule is CC(=O)O[C@H]1CC[C@@]2(C)C(=CC(=O)[C@H]3[C@@H]4CC[C@H](C5=CC(=O)OC5)[C@@]4(C)CC[C@@H]32)C1. The second-order valence-electron chi connectivity index (χ2n) is 10.7. The fourth-order valence-corrected chi connectivity index (χ4v) is 7.90.